The van der Waals surface area contributed by atoms with Gasteiger partial charge in [-0.3, -0.25) is 4.99 Å². The first kappa shape index (κ1) is 25.9. The van der Waals surface area contributed by atoms with Gasteiger partial charge in [0.25, 0.3) is 0 Å². The van der Waals surface area contributed by atoms with Gasteiger partial charge in [0.2, 0.25) is 0 Å². The Labute approximate surface area is 198 Å². The van der Waals surface area contributed by atoms with Crippen LogP contribution in [0.15, 0.2) is 35.3 Å². The highest BCUT2D eigenvalue weighted by Gasteiger charge is 2.20. The maximum Gasteiger partial charge on any atom is 0.161 e. The Hall–Kier alpha value is -2.40. The van der Waals surface area contributed by atoms with Crippen LogP contribution in [0.5, 0.6) is 23.0 Å². The molecule has 0 bridgehead atoms. The average molecular weight is 462 g/mol. The molecule has 0 unspecified atom stereocenters. The van der Waals surface area contributed by atoms with E-state index in [0.29, 0.717) is 13.2 Å². The zero-order valence-corrected chi connectivity index (χ0v) is 20.9. The molecule has 2 aromatic carbocycles. The van der Waals surface area contributed by atoms with Crippen molar-refractivity contribution in [2.45, 2.75) is 66.6 Å². The highest BCUT2D eigenvalue weighted by Crippen LogP contribution is 2.35. The van der Waals surface area contributed by atoms with Crippen LogP contribution in [0.4, 0.5) is 0 Å². The number of hydrogen-bond donors (Lipinski definition) is 0. The van der Waals surface area contributed by atoms with Gasteiger partial charge in [-0.1, -0.05) is 6.07 Å². The molecular weight excluding hydrogens is 426 g/mol. The van der Waals surface area contributed by atoms with Crippen LogP contribution in [-0.2, 0) is 12.8 Å². The summed E-state index contributed by atoms with van der Waals surface area (Å²) in [6.45, 7) is 14.1. The number of ether oxygens (including phenoxy) is 4. The first-order chi connectivity index (χ1) is 14.9. The van der Waals surface area contributed by atoms with Crippen LogP contribution >= 0.6 is 12.4 Å². The van der Waals surface area contributed by atoms with Crippen LogP contribution in [0, 0.1) is 0 Å². The van der Waals surface area contributed by atoms with Gasteiger partial charge in [0.15, 0.2) is 23.0 Å². The predicted molar refractivity (Wildman–Crippen MR) is 133 cm³/mol. The molecule has 1 heterocycles. The summed E-state index contributed by atoms with van der Waals surface area (Å²) in [5.41, 5.74) is 4.62. The lowest BCUT2D eigenvalue weighted by atomic mass is 9.93. The Balaban J connectivity index is 0.00000363. The molecule has 0 amide bonds. The van der Waals surface area contributed by atoms with Gasteiger partial charge in [-0.2, -0.15) is 0 Å². The third-order valence-electron chi connectivity index (χ3n) is 4.87. The Kier molecular flexibility index (Phi) is 9.70. The number of nitrogens with zero attached hydrogens (tertiary/aromatic N) is 1. The van der Waals surface area contributed by atoms with E-state index in [1.165, 1.54) is 5.56 Å². The van der Waals surface area contributed by atoms with Crippen molar-refractivity contribution in [1.29, 1.82) is 0 Å². The van der Waals surface area contributed by atoms with E-state index in [0.717, 1.165) is 59.2 Å². The van der Waals surface area contributed by atoms with E-state index in [2.05, 4.69) is 24.3 Å². The molecule has 32 heavy (non-hydrogen) atoms. The summed E-state index contributed by atoms with van der Waals surface area (Å²) < 4.78 is 23.6. The van der Waals surface area contributed by atoms with Gasteiger partial charge in [0.05, 0.1) is 25.4 Å². The molecule has 1 aliphatic rings. The molecule has 0 aromatic heterocycles. The van der Waals surface area contributed by atoms with Gasteiger partial charge >= 0.3 is 0 Å². The fourth-order valence-electron chi connectivity index (χ4n) is 3.71. The molecule has 3 rings (SSSR count). The number of hydrogen-bond acceptors (Lipinski definition) is 5. The molecule has 0 fully saturated rings. The maximum atomic E-state index is 6.04. The SMILES string of the molecule is CCOc1cc2c(cc1OCC)C(Cc1ccc(OC(C)C)c(OC(C)C)c1)=NCC2.Cl. The Bertz CT molecular complexity index is 924. The molecule has 0 spiro atoms. The van der Waals surface area contributed by atoms with Crippen molar-refractivity contribution >= 4 is 18.1 Å². The standard InChI is InChI=1S/C26H35NO4.ClH/c1-7-28-24-15-20-11-12-27-22(21(20)16-25(24)29-8-2)13-19-9-10-23(30-17(3)4)26(14-19)31-18(5)6;/h9-10,14-18H,7-8,11-13H2,1-6H3;1H. The highest BCUT2D eigenvalue weighted by molar-refractivity contribution is 6.04. The van der Waals surface area contributed by atoms with E-state index in [1.807, 2.05) is 47.6 Å². The number of aliphatic imine (C=N–C) groups is 1. The molecule has 0 atom stereocenters. The molecule has 0 N–H and O–H groups in total. The van der Waals surface area contributed by atoms with E-state index in [1.54, 1.807) is 0 Å². The van der Waals surface area contributed by atoms with Crippen molar-refractivity contribution in [2.75, 3.05) is 19.8 Å². The summed E-state index contributed by atoms with van der Waals surface area (Å²) in [5.74, 6) is 3.15. The minimum absolute atomic E-state index is 0. The van der Waals surface area contributed by atoms with Gasteiger partial charge in [0, 0.05) is 24.2 Å². The Morgan fingerprint density at radius 3 is 2.06 bits per heavy atom. The van der Waals surface area contributed by atoms with Crippen molar-refractivity contribution in [3.05, 3.63) is 47.0 Å². The Morgan fingerprint density at radius 2 is 1.44 bits per heavy atom. The summed E-state index contributed by atoms with van der Waals surface area (Å²) >= 11 is 0. The van der Waals surface area contributed by atoms with Crippen molar-refractivity contribution < 1.29 is 18.9 Å². The lowest BCUT2D eigenvalue weighted by Crippen LogP contribution is -2.17. The first-order valence-electron chi connectivity index (χ1n) is 11.3. The molecular formula is C26H36ClNO4. The van der Waals surface area contributed by atoms with E-state index >= 15 is 0 Å². The molecule has 0 radical (unpaired) electrons. The molecule has 5 nitrogen and oxygen atoms in total. The second-order valence-corrected chi connectivity index (χ2v) is 8.19. The molecule has 0 aliphatic carbocycles. The van der Waals surface area contributed by atoms with E-state index < -0.39 is 0 Å². The lowest BCUT2D eigenvalue weighted by Gasteiger charge is -2.21. The van der Waals surface area contributed by atoms with Crippen LogP contribution in [-0.4, -0.2) is 37.7 Å². The summed E-state index contributed by atoms with van der Waals surface area (Å²) in [7, 11) is 0. The quantitative estimate of drug-likeness (QED) is 0.431. The minimum Gasteiger partial charge on any atom is -0.490 e. The van der Waals surface area contributed by atoms with Gasteiger partial charge in [0.1, 0.15) is 0 Å². The third-order valence-corrected chi connectivity index (χ3v) is 4.87. The first-order valence-corrected chi connectivity index (χ1v) is 11.3. The second-order valence-electron chi connectivity index (χ2n) is 8.19. The normalized spacial score (nSPS) is 12.7. The molecule has 176 valence electrons. The van der Waals surface area contributed by atoms with Gasteiger partial charge < -0.3 is 18.9 Å². The number of halogens is 1. The van der Waals surface area contributed by atoms with Crippen LogP contribution in [0.2, 0.25) is 0 Å². The van der Waals surface area contributed by atoms with Gasteiger partial charge in [-0.25, -0.2) is 0 Å². The Morgan fingerprint density at radius 1 is 0.812 bits per heavy atom. The van der Waals surface area contributed by atoms with Gasteiger partial charge in [-0.05, 0) is 83.4 Å². The number of fused-ring (bicyclic) bond motifs is 1. The van der Waals surface area contributed by atoms with E-state index in [4.69, 9.17) is 23.9 Å². The monoisotopic (exact) mass is 461 g/mol. The molecule has 2 aromatic rings. The zero-order valence-electron chi connectivity index (χ0n) is 20.1. The summed E-state index contributed by atoms with van der Waals surface area (Å²) in [4.78, 5) is 4.85. The maximum absolute atomic E-state index is 6.04. The summed E-state index contributed by atoms with van der Waals surface area (Å²) in [6.07, 6.45) is 1.80. The molecule has 0 saturated carbocycles. The van der Waals surface area contributed by atoms with E-state index in [-0.39, 0.29) is 24.6 Å². The van der Waals surface area contributed by atoms with Crippen molar-refractivity contribution in [3.63, 3.8) is 0 Å². The average Bonchev–Trinajstić information content (AvgIpc) is 2.70. The van der Waals surface area contributed by atoms with Gasteiger partial charge in [-0.15, -0.1) is 12.4 Å². The molecule has 0 saturated heterocycles. The summed E-state index contributed by atoms with van der Waals surface area (Å²) in [6, 6.07) is 10.4. The fraction of sp³-hybridized carbons (Fsp3) is 0.500. The lowest BCUT2D eigenvalue weighted by molar-refractivity contribution is 0.198. The highest BCUT2D eigenvalue weighted by atomic mass is 35.5. The minimum atomic E-state index is 0. The number of rotatable bonds is 10. The molecule has 6 heteroatoms. The third kappa shape index (κ3) is 6.55. The van der Waals surface area contributed by atoms with E-state index in [9.17, 15) is 0 Å². The zero-order chi connectivity index (χ0) is 22.4. The topological polar surface area (TPSA) is 49.3 Å². The van der Waals surface area contributed by atoms with Crippen LogP contribution in [0.3, 0.4) is 0 Å². The predicted octanol–water partition coefficient (Wildman–Crippen LogP) is 6.07. The van der Waals surface area contributed by atoms with Crippen molar-refractivity contribution in [2.24, 2.45) is 4.99 Å². The smallest absolute Gasteiger partial charge is 0.161 e. The second kappa shape index (κ2) is 12.0. The largest absolute Gasteiger partial charge is 0.490 e. The molecule has 1 aliphatic heterocycles. The van der Waals surface area contributed by atoms with Crippen LogP contribution < -0.4 is 18.9 Å². The van der Waals surface area contributed by atoms with Crippen molar-refractivity contribution in [1.82, 2.24) is 0 Å². The van der Waals surface area contributed by atoms with Crippen LogP contribution in [0.25, 0.3) is 0 Å². The fourth-order valence-corrected chi connectivity index (χ4v) is 3.71. The van der Waals surface area contributed by atoms with Crippen molar-refractivity contribution in [3.8, 4) is 23.0 Å². The van der Waals surface area contributed by atoms with Crippen LogP contribution in [0.1, 0.15) is 58.2 Å². The number of benzene rings is 2. The summed E-state index contributed by atoms with van der Waals surface area (Å²) in [5, 5.41) is 0.